The van der Waals surface area contributed by atoms with Crippen LogP contribution in [0.15, 0.2) is 41.9 Å². The lowest BCUT2D eigenvalue weighted by Crippen LogP contribution is -2.48. The van der Waals surface area contributed by atoms with E-state index in [-0.39, 0.29) is 0 Å². The monoisotopic (exact) mass is 431 g/mol. The van der Waals surface area contributed by atoms with Crippen LogP contribution in [0.4, 0.5) is 0 Å². The molecular formula is C24H38ClN5. The molecule has 1 aromatic rings. The van der Waals surface area contributed by atoms with E-state index in [1.54, 1.807) is 0 Å². The van der Waals surface area contributed by atoms with E-state index in [1.165, 1.54) is 31.2 Å². The highest BCUT2D eigenvalue weighted by atomic mass is 35.5. The van der Waals surface area contributed by atoms with Gasteiger partial charge in [0.15, 0.2) is 5.96 Å². The minimum Gasteiger partial charge on any atom is -0.357 e. The Hall–Kier alpha value is -1.56. The number of nitrogens with one attached hydrogen (secondary N) is 2. The average molecular weight is 432 g/mol. The van der Waals surface area contributed by atoms with Crippen molar-refractivity contribution in [1.82, 2.24) is 20.4 Å². The molecule has 0 atom stereocenters. The van der Waals surface area contributed by atoms with Gasteiger partial charge in [0.2, 0.25) is 0 Å². The molecule has 30 heavy (non-hydrogen) atoms. The van der Waals surface area contributed by atoms with Gasteiger partial charge in [0, 0.05) is 50.3 Å². The van der Waals surface area contributed by atoms with Crippen molar-refractivity contribution in [2.24, 2.45) is 10.9 Å². The number of aliphatic imine (C=N–C) groups is 1. The summed E-state index contributed by atoms with van der Waals surface area (Å²) in [6, 6.07) is 8.70. The maximum atomic E-state index is 6.32. The molecule has 2 aliphatic heterocycles. The summed E-state index contributed by atoms with van der Waals surface area (Å²) in [6.45, 7) is 14.2. The summed E-state index contributed by atoms with van der Waals surface area (Å²) in [4.78, 5) is 9.91. The van der Waals surface area contributed by atoms with Crippen LogP contribution in [0.2, 0.25) is 5.02 Å². The number of halogens is 1. The van der Waals surface area contributed by atoms with E-state index in [2.05, 4.69) is 46.1 Å². The van der Waals surface area contributed by atoms with Crippen LogP contribution in [0.25, 0.3) is 0 Å². The largest absolute Gasteiger partial charge is 0.357 e. The van der Waals surface area contributed by atoms with Crippen molar-refractivity contribution in [2.75, 3.05) is 45.8 Å². The molecule has 0 aliphatic carbocycles. The van der Waals surface area contributed by atoms with Gasteiger partial charge >= 0.3 is 0 Å². The number of nitrogens with zero attached hydrogens (tertiary/aromatic N) is 3. The van der Waals surface area contributed by atoms with Gasteiger partial charge in [-0.05, 0) is 63.2 Å². The third kappa shape index (κ3) is 7.29. The number of rotatable bonds is 8. The van der Waals surface area contributed by atoms with Crippen LogP contribution < -0.4 is 10.6 Å². The molecule has 0 saturated carbocycles. The number of likely N-dealkylation sites (tertiary alicyclic amines) is 2. The molecule has 6 heteroatoms. The normalized spacial score (nSPS) is 20.3. The molecule has 2 aliphatic rings. The highest BCUT2D eigenvalue weighted by molar-refractivity contribution is 6.31. The molecule has 5 nitrogen and oxygen atoms in total. The van der Waals surface area contributed by atoms with Gasteiger partial charge in [-0.25, -0.2) is 0 Å². The minimum absolute atomic E-state index is 0.515. The Morgan fingerprint density at radius 1 is 1.13 bits per heavy atom. The van der Waals surface area contributed by atoms with Gasteiger partial charge < -0.3 is 10.6 Å². The number of piperidine rings is 2. The molecule has 3 rings (SSSR count). The van der Waals surface area contributed by atoms with Crippen molar-refractivity contribution in [3.05, 3.63) is 47.5 Å². The fourth-order valence-electron chi connectivity index (χ4n) is 4.37. The first-order valence-electron chi connectivity index (χ1n) is 11.5. The zero-order chi connectivity index (χ0) is 21.2. The van der Waals surface area contributed by atoms with E-state index in [9.17, 15) is 0 Å². The molecule has 0 aromatic heterocycles. The first-order valence-corrected chi connectivity index (χ1v) is 11.9. The first-order chi connectivity index (χ1) is 14.7. The van der Waals surface area contributed by atoms with Crippen molar-refractivity contribution in [2.45, 2.75) is 45.2 Å². The predicted octanol–water partition coefficient (Wildman–Crippen LogP) is 3.76. The molecule has 2 fully saturated rings. The van der Waals surface area contributed by atoms with Crippen LogP contribution in [0.1, 0.15) is 38.2 Å². The van der Waals surface area contributed by atoms with Crippen molar-refractivity contribution in [3.8, 4) is 0 Å². The van der Waals surface area contributed by atoms with E-state index in [1.807, 2.05) is 18.2 Å². The number of benzene rings is 1. The van der Waals surface area contributed by atoms with Gasteiger partial charge in [-0.2, -0.15) is 0 Å². The highest BCUT2D eigenvalue weighted by Crippen LogP contribution is 2.22. The van der Waals surface area contributed by atoms with Gasteiger partial charge in [-0.1, -0.05) is 35.9 Å². The predicted molar refractivity (Wildman–Crippen MR) is 128 cm³/mol. The van der Waals surface area contributed by atoms with E-state index >= 15 is 0 Å². The number of guanidine groups is 1. The second kappa shape index (κ2) is 12.3. The summed E-state index contributed by atoms with van der Waals surface area (Å²) in [5.41, 5.74) is 1.23. The zero-order valence-electron chi connectivity index (χ0n) is 18.5. The quantitative estimate of drug-likeness (QED) is 0.373. The molecule has 0 radical (unpaired) electrons. The molecule has 0 bridgehead atoms. The van der Waals surface area contributed by atoms with E-state index in [0.717, 1.165) is 63.3 Å². The van der Waals surface area contributed by atoms with Gasteiger partial charge in [0.25, 0.3) is 0 Å². The van der Waals surface area contributed by atoms with Crippen LogP contribution in [0, 0.1) is 5.92 Å². The lowest BCUT2D eigenvalue weighted by atomic mass is 9.96. The van der Waals surface area contributed by atoms with Crippen molar-refractivity contribution >= 4 is 17.6 Å². The second-order valence-electron chi connectivity index (χ2n) is 8.54. The average Bonchev–Trinajstić information content (AvgIpc) is 2.76. The van der Waals surface area contributed by atoms with Gasteiger partial charge in [-0.15, -0.1) is 6.58 Å². The lowest BCUT2D eigenvalue weighted by Gasteiger charge is -2.33. The zero-order valence-corrected chi connectivity index (χ0v) is 19.2. The van der Waals surface area contributed by atoms with Crippen molar-refractivity contribution in [3.63, 3.8) is 0 Å². The van der Waals surface area contributed by atoms with E-state index in [0.29, 0.717) is 12.0 Å². The number of hydrogen-bond acceptors (Lipinski definition) is 3. The van der Waals surface area contributed by atoms with Crippen LogP contribution in [0.5, 0.6) is 0 Å². The molecule has 0 spiro atoms. The molecule has 2 saturated heterocycles. The Bertz CT molecular complexity index is 676. The fraction of sp³-hybridized carbons (Fsp3) is 0.625. The number of hydrogen-bond donors (Lipinski definition) is 2. The smallest absolute Gasteiger partial charge is 0.191 e. The summed E-state index contributed by atoms with van der Waals surface area (Å²) < 4.78 is 0. The Morgan fingerprint density at radius 2 is 1.83 bits per heavy atom. The molecule has 2 heterocycles. The lowest BCUT2D eigenvalue weighted by molar-refractivity contribution is 0.180. The van der Waals surface area contributed by atoms with Crippen LogP contribution in [0.3, 0.4) is 0 Å². The van der Waals surface area contributed by atoms with Crippen LogP contribution in [-0.2, 0) is 6.54 Å². The maximum absolute atomic E-state index is 6.32. The molecular weight excluding hydrogens is 394 g/mol. The molecule has 166 valence electrons. The topological polar surface area (TPSA) is 42.9 Å². The third-order valence-corrected chi connectivity index (χ3v) is 6.60. The minimum atomic E-state index is 0.515. The molecule has 2 N–H and O–H groups in total. The van der Waals surface area contributed by atoms with Gasteiger partial charge in [0.1, 0.15) is 0 Å². The summed E-state index contributed by atoms with van der Waals surface area (Å²) in [7, 11) is 0. The van der Waals surface area contributed by atoms with Gasteiger partial charge in [-0.3, -0.25) is 14.8 Å². The second-order valence-corrected chi connectivity index (χ2v) is 8.95. The Labute approximate surface area is 187 Å². The SMILES string of the molecule is C=CCN1CCC(NC(=NCC2CCN(Cc3ccccc3Cl)CC2)NCC)CC1. The molecule has 0 amide bonds. The highest BCUT2D eigenvalue weighted by Gasteiger charge is 2.21. The summed E-state index contributed by atoms with van der Waals surface area (Å²) >= 11 is 6.32. The molecule has 0 unspecified atom stereocenters. The fourth-order valence-corrected chi connectivity index (χ4v) is 4.57. The summed E-state index contributed by atoms with van der Waals surface area (Å²) in [5, 5.41) is 7.98. The van der Waals surface area contributed by atoms with Crippen LogP contribution in [-0.4, -0.2) is 67.6 Å². The van der Waals surface area contributed by atoms with Crippen LogP contribution >= 0.6 is 11.6 Å². The van der Waals surface area contributed by atoms with E-state index < -0.39 is 0 Å². The van der Waals surface area contributed by atoms with Gasteiger partial charge in [0.05, 0.1) is 0 Å². The Balaban J connectivity index is 1.42. The first kappa shape index (κ1) is 23.1. The van der Waals surface area contributed by atoms with E-state index in [4.69, 9.17) is 16.6 Å². The standard InChI is InChI=1S/C24H38ClN5/c1-3-13-29-16-11-22(12-17-29)28-24(26-4-2)27-18-20-9-14-30(15-10-20)19-21-7-5-6-8-23(21)25/h3,5-8,20,22H,1,4,9-19H2,2H3,(H2,26,27,28). The Morgan fingerprint density at radius 3 is 2.50 bits per heavy atom. The summed E-state index contributed by atoms with van der Waals surface area (Å²) in [6.07, 6.45) is 6.73. The van der Waals surface area contributed by atoms with Crippen molar-refractivity contribution in [1.29, 1.82) is 0 Å². The Kier molecular flexibility index (Phi) is 9.50. The van der Waals surface area contributed by atoms with Crippen molar-refractivity contribution < 1.29 is 0 Å². The molecule has 1 aromatic carbocycles. The maximum Gasteiger partial charge on any atom is 0.191 e. The summed E-state index contributed by atoms with van der Waals surface area (Å²) in [5.74, 6) is 1.65. The third-order valence-electron chi connectivity index (χ3n) is 6.23.